The highest BCUT2D eigenvalue weighted by Gasteiger charge is 2.23. The van der Waals surface area contributed by atoms with E-state index in [2.05, 4.69) is 5.16 Å². The lowest BCUT2D eigenvalue weighted by Crippen LogP contribution is -1.95. The third-order valence-corrected chi connectivity index (χ3v) is 2.41. The smallest absolute Gasteiger partial charge is 0.127 e. The largest absolute Gasteiger partial charge is 0.393 e. The van der Waals surface area contributed by atoms with E-state index in [4.69, 9.17) is 4.84 Å². The quantitative estimate of drug-likeness (QED) is 0.450. The molecule has 62 valence electrons. The van der Waals surface area contributed by atoms with Crippen LogP contribution in [-0.4, -0.2) is 12.3 Å². The Balaban J connectivity index is 1.65. The molecule has 0 saturated heterocycles. The van der Waals surface area contributed by atoms with E-state index in [-0.39, 0.29) is 0 Å². The molecule has 0 aromatic rings. The van der Waals surface area contributed by atoms with E-state index in [0.717, 1.165) is 0 Å². The Hall–Kier alpha value is -0.530. The Bertz CT molecular complexity index is 146. The van der Waals surface area contributed by atoms with Crippen molar-refractivity contribution >= 4 is 6.21 Å². The number of nitrogens with zero attached hydrogens (tertiary/aromatic N) is 1. The zero-order valence-electron chi connectivity index (χ0n) is 6.83. The molecular formula is C9H15NO. The van der Waals surface area contributed by atoms with Gasteiger partial charge in [-0.25, -0.2) is 0 Å². The van der Waals surface area contributed by atoms with E-state index in [9.17, 15) is 0 Å². The summed E-state index contributed by atoms with van der Waals surface area (Å²) in [6.45, 7) is 0. The molecule has 2 fully saturated rings. The zero-order chi connectivity index (χ0) is 7.52. The van der Waals surface area contributed by atoms with Crippen LogP contribution in [0, 0.1) is 5.92 Å². The summed E-state index contributed by atoms with van der Waals surface area (Å²) >= 11 is 0. The van der Waals surface area contributed by atoms with Crippen molar-refractivity contribution in [2.45, 2.75) is 44.6 Å². The van der Waals surface area contributed by atoms with Gasteiger partial charge in [-0.2, -0.15) is 0 Å². The number of oxime groups is 1. The van der Waals surface area contributed by atoms with Crippen molar-refractivity contribution in [3.8, 4) is 0 Å². The van der Waals surface area contributed by atoms with Gasteiger partial charge in [0.15, 0.2) is 0 Å². The average molecular weight is 153 g/mol. The molecule has 0 aromatic carbocycles. The van der Waals surface area contributed by atoms with Gasteiger partial charge in [-0.15, -0.1) is 0 Å². The van der Waals surface area contributed by atoms with E-state index in [0.29, 0.717) is 12.0 Å². The molecule has 2 aliphatic carbocycles. The number of rotatable bonds is 3. The first-order chi connectivity index (χ1) is 5.45. The summed E-state index contributed by atoms with van der Waals surface area (Å²) in [7, 11) is 0. The van der Waals surface area contributed by atoms with Gasteiger partial charge in [0.2, 0.25) is 0 Å². The SMILES string of the molecule is C(=NOC1CC1)C1CCCC1. The fraction of sp³-hybridized carbons (Fsp3) is 0.889. The monoisotopic (exact) mass is 153 g/mol. The lowest BCUT2D eigenvalue weighted by molar-refractivity contribution is 0.129. The minimum absolute atomic E-state index is 0.465. The van der Waals surface area contributed by atoms with Gasteiger partial charge >= 0.3 is 0 Å². The van der Waals surface area contributed by atoms with Crippen LogP contribution in [0.25, 0.3) is 0 Å². The molecule has 2 rings (SSSR count). The highest BCUT2D eigenvalue weighted by molar-refractivity contribution is 5.60. The van der Waals surface area contributed by atoms with Crippen LogP contribution in [0.1, 0.15) is 38.5 Å². The molecule has 2 nitrogen and oxygen atoms in total. The highest BCUT2D eigenvalue weighted by atomic mass is 16.6. The molecule has 0 atom stereocenters. The fourth-order valence-corrected chi connectivity index (χ4v) is 1.49. The third-order valence-electron chi connectivity index (χ3n) is 2.41. The summed E-state index contributed by atoms with van der Waals surface area (Å²) in [5.74, 6) is 0.716. The van der Waals surface area contributed by atoms with Gasteiger partial charge in [-0.05, 0) is 31.6 Å². The molecule has 0 N–H and O–H groups in total. The molecule has 0 spiro atoms. The first kappa shape index (κ1) is 7.14. The fourth-order valence-electron chi connectivity index (χ4n) is 1.49. The summed E-state index contributed by atoms with van der Waals surface area (Å²) in [5, 5.41) is 3.99. The lowest BCUT2D eigenvalue weighted by Gasteiger charge is -1.98. The molecular weight excluding hydrogens is 138 g/mol. The molecule has 0 unspecified atom stereocenters. The molecule has 0 bridgehead atoms. The first-order valence-corrected chi connectivity index (χ1v) is 4.64. The summed E-state index contributed by atoms with van der Waals surface area (Å²) in [6.07, 6.45) is 10.3. The van der Waals surface area contributed by atoms with Gasteiger partial charge in [0.1, 0.15) is 6.10 Å². The van der Waals surface area contributed by atoms with Crippen molar-refractivity contribution in [1.82, 2.24) is 0 Å². The van der Waals surface area contributed by atoms with E-state index in [1.807, 2.05) is 6.21 Å². The van der Waals surface area contributed by atoms with Crippen molar-refractivity contribution in [1.29, 1.82) is 0 Å². The topological polar surface area (TPSA) is 21.6 Å². The van der Waals surface area contributed by atoms with Crippen molar-refractivity contribution in [3.63, 3.8) is 0 Å². The van der Waals surface area contributed by atoms with Crippen LogP contribution >= 0.6 is 0 Å². The molecule has 0 amide bonds. The minimum Gasteiger partial charge on any atom is -0.393 e. The molecule has 0 heterocycles. The van der Waals surface area contributed by atoms with Gasteiger partial charge in [-0.3, -0.25) is 0 Å². The van der Waals surface area contributed by atoms with Crippen LogP contribution in [0.4, 0.5) is 0 Å². The normalized spacial score (nSPS) is 26.5. The van der Waals surface area contributed by atoms with Gasteiger partial charge < -0.3 is 4.84 Å². The van der Waals surface area contributed by atoms with Crippen LogP contribution < -0.4 is 0 Å². The third kappa shape index (κ3) is 2.21. The Morgan fingerprint density at radius 2 is 1.82 bits per heavy atom. The summed E-state index contributed by atoms with van der Waals surface area (Å²) in [4.78, 5) is 5.18. The summed E-state index contributed by atoms with van der Waals surface area (Å²) in [5.41, 5.74) is 0. The van der Waals surface area contributed by atoms with E-state index in [1.54, 1.807) is 0 Å². The molecule has 2 heteroatoms. The average Bonchev–Trinajstić information content (AvgIpc) is 2.66. The maximum Gasteiger partial charge on any atom is 0.127 e. The van der Waals surface area contributed by atoms with Crippen molar-refractivity contribution < 1.29 is 4.84 Å². The second-order valence-corrected chi connectivity index (χ2v) is 3.60. The molecule has 0 aromatic heterocycles. The van der Waals surface area contributed by atoms with Crippen molar-refractivity contribution in [2.24, 2.45) is 11.1 Å². The first-order valence-electron chi connectivity index (χ1n) is 4.64. The number of hydrogen-bond donors (Lipinski definition) is 0. The van der Waals surface area contributed by atoms with Gasteiger partial charge in [0.05, 0.1) is 0 Å². The van der Waals surface area contributed by atoms with E-state index in [1.165, 1.54) is 38.5 Å². The van der Waals surface area contributed by atoms with Crippen LogP contribution in [-0.2, 0) is 4.84 Å². The van der Waals surface area contributed by atoms with Gasteiger partial charge in [0, 0.05) is 6.21 Å². The van der Waals surface area contributed by atoms with Gasteiger partial charge in [0.25, 0.3) is 0 Å². The highest BCUT2D eigenvalue weighted by Crippen LogP contribution is 2.25. The predicted molar refractivity (Wildman–Crippen MR) is 44.6 cm³/mol. The lowest BCUT2D eigenvalue weighted by atomic mass is 10.1. The minimum atomic E-state index is 0.465. The Morgan fingerprint density at radius 1 is 1.09 bits per heavy atom. The van der Waals surface area contributed by atoms with Crippen LogP contribution in [0.2, 0.25) is 0 Å². The predicted octanol–water partition coefficient (Wildman–Crippen LogP) is 2.34. The Morgan fingerprint density at radius 3 is 2.45 bits per heavy atom. The maximum absolute atomic E-state index is 5.18. The van der Waals surface area contributed by atoms with E-state index < -0.39 is 0 Å². The Kier molecular flexibility index (Phi) is 2.11. The second-order valence-electron chi connectivity index (χ2n) is 3.60. The molecule has 11 heavy (non-hydrogen) atoms. The summed E-state index contributed by atoms with van der Waals surface area (Å²) in [6, 6.07) is 0. The molecule has 2 saturated carbocycles. The van der Waals surface area contributed by atoms with Crippen LogP contribution in [0.15, 0.2) is 5.16 Å². The standard InChI is InChI=1S/C9H15NO/c1-2-4-8(3-1)7-10-11-9-5-6-9/h7-9H,1-6H2. The van der Waals surface area contributed by atoms with Crippen molar-refractivity contribution in [3.05, 3.63) is 0 Å². The maximum atomic E-state index is 5.18. The van der Waals surface area contributed by atoms with Crippen molar-refractivity contribution in [2.75, 3.05) is 0 Å². The summed E-state index contributed by atoms with van der Waals surface area (Å²) < 4.78 is 0. The van der Waals surface area contributed by atoms with E-state index >= 15 is 0 Å². The zero-order valence-corrected chi connectivity index (χ0v) is 6.83. The second kappa shape index (κ2) is 3.24. The van der Waals surface area contributed by atoms with Crippen LogP contribution in [0.3, 0.4) is 0 Å². The molecule has 0 aliphatic heterocycles. The Labute approximate surface area is 67.6 Å². The molecule has 2 aliphatic rings. The number of hydrogen-bond acceptors (Lipinski definition) is 2. The molecule has 0 radical (unpaired) electrons. The van der Waals surface area contributed by atoms with Crippen LogP contribution in [0.5, 0.6) is 0 Å². The van der Waals surface area contributed by atoms with Gasteiger partial charge in [-0.1, -0.05) is 18.0 Å².